The minimum absolute atomic E-state index is 0.103. The van der Waals surface area contributed by atoms with Crippen LogP contribution in [0.2, 0.25) is 0 Å². The molecular formula is C13H17N5OS. The summed E-state index contributed by atoms with van der Waals surface area (Å²) < 4.78 is 9.60. The number of nitrogens with two attached hydrogens (primary N) is 1. The molecule has 2 N–H and O–H groups in total. The van der Waals surface area contributed by atoms with Crippen molar-refractivity contribution >= 4 is 16.3 Å². The third-order valence-corrected chi connectivity index (χ3v) is 3.96. The van der Waals surface area contributed by atoms with Crippen LogP contribution in [-0.2, 0) is 13.5 Å². The monoisotopic (exact) mass is 291 g/mol. The van der Waals surface area contributed by atoms with Crippen molar-refractivity contribution < 1.29 is 4.74 Å². The summed E-state index contributed by atoms with van der Waals surface area (Å²) in [6.45, 7) is 2.08. The molecule has 0 fully saturated rings. The lowest BCUT2D eigenvalue weighted by Crippen LogP contribution is -2.22. The maximum Gasteiger partial charge on any atom is 0.242 e. The van der Waals surface area contributed by atoms with Crippen LogP contribution in [0.15, 0.2) is 24.0 Å². The Hall–Kier alpha value is -1.86. The van der Waals surface area contributed by atoms with E-state index in [-0.39, 0.29) is 6.04 Å². The highest BCUT2D eigenvalue weighted by Crippen LogP contribution is 2.28. The topological polar surface area (TPSA) is 70.4 Å². The van der Waals surface area contributed by atoms with Gasteiger partial charge in [-0.2, -0.15) is 10.1 Å². The van der Waals surface area contributed by atoms with E-state index in [0.717, 1.165) is 23.5 Å². The molecule has 0 aromatic carbocycles. The van der Waals surface area contributed by atoms with Crippen molar-refractivity contribution in [1.82, 2.24) is 19.2 Å². The molecule has 3 heterocycles. The van der Waals surface area contributed by atoms with Gasteiger partial charge >= 0.3 is 0 Å². The fraction of sp³-hybridized carbons (Fsp3) is 0.385. The maximum atomic E-state index is 6.08. The lowest BCUT2D eigenvalue weighted by atomic mass is 10.1. The Bertz CT molecular complexity index is 713. The van der Waals surface area contributed by atoms with Crippen LogP contribution in [0.5, 0.6) is 11.6 Å². The van der Waals surface area contributed by atoms with Gasteiger partial charge in [-0.1, -0.05) is 6.92 Å². The number of ether oxygens (including phenoxy) is 1. The number of hydrogen-bond donors (Lipinski definition) is 1. The van der Waals surface area contributed by atoms with Crippen LogP contribution < -0.4 is 10.5 Å². The van der Waals surface area contributed by atoms with Gasteiger partial charge in [-0.25, -0.2) is 0 Å². The Morgan fingerprint density at radius 3 is 3.05 bits per heavy atom. The smallest absolute Gasteiger partial charge is 0.242 e. The predicted molar refractivity (Wildman–Crippen MR) is 78.3 cm³/mol. The Kier molecular flexibility index (Phi) is 3.45. The minimum Gasteiger partial charge on any atom is -0.434 e. The molecule has 0 saturated carbocycles. The summed E-state index contributed by atoms with van der Waals surface area (Å²) in [5.41, 5.74) is 7.09. The fourth-order valence-electron chi connectivity index (χ4n) is 2.04. The molecule has 0 amide bonds. The summed E-state index contributed by atoms with van der Waals surface area (Å²) in [6, 6.07) is 0.103. The Balaban J connectivity index is 1.96. The zero-order chi connectivity index (χ0) is 14.1. The van der Waals surface area contributed by atoms with Gasteiger partial charge in [0.05, 0.1) is 18.1 Å². The highest BCUT2D eigenvalue weighted by molar-refractivity contribution is 7.15. The summed E-state index contributed by atoms with van der Waals surface area (Å²) in [6.07, 6.45) is 7.16. The average Bonchev–Trinajstić information content (AvgIpc) is 3.09. The number of rotatable bonds is 5. The van der Waals surface area contributed by atoms with E-state index < -0.39 is 0 Å². The SMILES string of the molecule is CCC(N)Cc1c(Oc2cnn(C)c2)nc2sccn12. The largest absolute Gasteiger partial charge is 0.434 e. The lowest BCUT2D eigenvalue weighted by molar-refractivity contribution is 0.454. The van der Waals surface area contributed by atoms with Crippen LogP contribution >= 0.6 is 11.3 Å². The van der Waals surface area contributed by atoms with E-state index in [4.69, 9.17) is 10.5 Å². The van der Waals surface area contributed by atoms with E-state index >= 15 is 0 Å². The first kappa shape index (κ1) is 13.1. The van der Waals surface area contributed by atoms with Gasteiger partial charge in [0.2, 0.25) is 5.88 Å². The van der Waals surface area contributed by atoms with Crippen molar-refractivity contribution in [2.75, 3.05) is 0 Å². The number of hydrogen-bond acceptors (Lipinski definition) is 5. The van der Waals surface area contributed by atoms with E-state index in [2.05, 4.69) is 17.0 Å². The molecule has 3 aromatic heterocycles. The first-order valence-electron chi connectivity index (χ1n) is 6.54. The third kappa shape index (κ3) is 2.41. The summed E-state index contributed by atoms with van der Waals surface area (Å²) in [5, 5.41) is 6.11. The van der Waals surface area contributed by atoms with Crippen LogP contribution in [0, 0.1) is 0 Å². The molecule has 7 heteroatoms. The quantitative estimate of drug-likeness (QED) is 0.782. The molecule has 0 bridgehead atoms. The third-order valence-electron chi connectivity index (χ3n) is 3.20. The van der Waals surface area contributed by atoms with E-state index in [0.29, 0.717) is 11.6 Å². The number of imidazole rings is 1. The fourth-order valence-corrected chi connectivity index (χ4v) is 2.76. The van der Waals surface area contributed by atoms with Crippen molar-refractivity contribution in [2.24, 2.45) is 12.8 Å². The minimum atomic E-state index is 0.103. The molecule has 0 saturated heterocycles. The highest BCUT2D eigenvalue weighted by atomic mass is 32.1. The summed E-state index contributed by atoms with van der Waals surface area (Å²) >= 11 is 1.58. The van der Waals surface area contributed by atoms with E-state index in [9.17, 15) is 0 Å². The van der Waals surface area contributed by atoms with Crippen molar-refractivity contribution in [3.05, 3.63) is 29.7 Å². The predicted octanol–water partition coefficient (Wildman–Crippen LogP) is 2.20. The second-order valence-electron chi connectivity index (χ2n) is 4.74. The molecule has 1 unspecified atom stereocenters. The van der Waals surface area contributed by atoms with Gasteiger partial charge in [-0.05, 0) is 6.42 Å². The van der Waals surface area contributed by atoms with Crippen LogP contribution in [0.3, 0.4) is 0 Å². The Labute approximate surface area is 120 Å². The highest BCUT2D eigenvalue weighted by Gasteiger charge is 2.17. The number of aryl methyl sites for hydroxylation is 1. The number of aromatic nitrogens is 4. The first-order chi connectivity index (χ1) is 9.67. The van der Waals surface area contributed by atoms with Crippen molar-refractivity contribution in [1.29, 1.82) is 0 Å². The average molecular weight is 291 g/mol. The molecule has 0 spiro atoms. The molecule has 3 aromatic rings. The second-order valence-corrected chi connectivity index (χ2v) is 5.62. The van der Waals surface area contributed by atoms with Gasteiger partial charge in [0, 0.05) is 31.1 Å². The normalized spacial score (nSPS) is 12.9. The van der Waals surface area contributed by atoms with Gasteiger partial charge in [0.15, 0.2) is 10.7 Å². The standard InChI is InChI=1S/C13H17N5OS/c1-3-9(14)6-11-12(16-13-18(11)4-5-20-13)19-10-7-15-17(2)8-10/h4-5,7-9H,3,6,14H2,1-2H3. The molecular weight excluding hydrogens is 274 g/mol. The van der Waals surface area contributed by atoms with Crippen molar-refractivity contribution in [3.8, 4) is 11.6 Å². The van der Waals surface area contributed by atoms with Gasteiger partial charge in [-0.3, -0.25) is 9.08 Å². The molecule has 0 radical (unpaired) electrons. The Morgan fingerprint density at radius 1 is 1.50 bits per heavy atom. The van der Waals surface area contributed by atoms with E-state index in [1.54, 1.807) is 22.2 Å². The second kappa shape index (κ2) is 5.26. The van der Waals surface area contributed by atoms with Gasteiger partial charge in [-0.15, -0.1) is 11.3 Å². The van der Waals surface area contributed by atoms with Gasteiger partial charge < -0.3 is 10.5 Å². The first-order valence-corrected chi connectivity index (χ1v) is 7.42. The molecule has 0 aliphatic carbocycles. The zero-order valence-electron chi connectivity index (χ0n) is 11.5. The molecule has 6 nitrogen and oxygen atoms in total. The molecule has 0 aliphatic rings. The van der Waals surface area contributed by atoms with Crippen LogP contribution in [-0.4, -0.2) is 25.2 Å². The molecule has 1 atom stereocenters. The van der Waals surface area contributed by atoms with Crippen molar-refractivity contribution in [2.45, 2.75) is 25.8 Å². The lowest BCUT2D eigenvalue weighted by Gasteiger charge is -2.09. The molecule has 106 valence electrons. The summed E-state index contributed by atoms with van der Waals surface area (Å²) in [5.74, 6) is 1.30. The number of fused-ring (bicyclic) bond motifs is 1. The zero-order valence-corrected chi connectivity index (χ0v) is 12.3. The van der Waals surface area contributed by atoms with Crippen LogP contribution in [0.1, 0.15) is 19.0 Å². The Morgan fingerprint density at radius 2 is 2.35 bits per heavy atom. The van der Waals surface area contributed by atoms with Gasteiger partial charge in [0.1, 0.15) is 0 Å². The van der Waals surface area contributed by atoms with Crippen LogP contribution in [0.4, 0.5) is 0 Å². The number of thiazole rings is 1. The molecule has 0 aliphatic heterocycles. The molecule has 3 rings (SSSR count). The van der Waals surface area contributed by atoms with Crippen LogP contribution in [0.25, 0.3) is 4.96 Å². The summed E-state index contributed by atoms with van der Waals surface area (Å²) in [7, 11) is 1.85. The van der Waals surface area contributed by atoms with E-state index in [1.807, 2.05) is 29.2 Å². The van der Waals surface area contributed by atoms with E-state index in [1.165, 1.54) is 0 Å². The van der Waals surface area contributed by atoms with Gasteiger partial charge in [0.25, 0.3) is 0 Å². The maximum absolute atomic E-state index is 6.08. The number of nitrogens with zero attached hydrogens (tertiary/aromatic N) is 4. The van der Waals surface area contributed by atoms with Crippen molar-refractivity contribution in [3.63, 3.8) is 0 Å². The molecule has 20 heavy (non-hydrogen) atoms. The summed E-state index contributed by atoms with van der Waals surface area (Å²) in [4.78, 5) is 5.45.